The lowest BCUT2D eigenvalue weighted by atomic mass is 10.4. The van der Waals surface area contributed by atoms with Crippen molar-refractivity contribution in [3.8, 4) is 0 Å². The van der Waals surface area contributed by atoms with Gasteiger partial charge in [-0.1, -0.05) is 11.6 Å². The number of nitrogens with one attached hydrogen (secondary N) is 1. The SMILES string of the molecule is CC1NC(Cl)=C(C=O)N1C. The van der Waals surface area contributed by atoms with Crippen LogP contribution >= 0.6 is 11.6 Å². The molecule has 0 fully saturated rings. The van der Waals surface area contributed by atoms with Gasteiger partial charge in [0.25, 0.3) is 0 Å². The summed E-state index contributed by atoms with van der Waals surface area (Å²) in [5, 5.41) is 3.34. The molecule has 0 aromatic heterocycles. The maximum Gasteiger partial charge on any atom is 0.169 e. The summed E-state index contributed by atoms with van der Waals surface area (Å²) < 4.78 is 0. The molecule has 0 aromatic rings. The summed E-state index contributed by atoms with van der Waals surface area (Å²) in [7, 11) is 1.82. The van der Waals surface area contributed by atoms with Crippen LogP contribution in [0.3, 0.4) is 0 Å². The van der Waals surface area contributed by atoms with E-state index in [1.54, 1.807) is 4.90 Å². The molecule has 0 radical (unpaired) electrons. The lowest BCUT2D eigenvalue weighted by Crippen LogP contribution is -2.31. The van der Waals surface area contributed by atoms with E-state index < -0.39 is 0 Å². The number of halogens is 1. The number of rotatable bonds is 1. The normalized spacial score (nSPS) is 25.1. The van der Waals surface area contributed by atoms with Crippen LogP contribution in [0, 0.1) is 0 Å². The molecule has 1 aliphatic heterocycles. The second kappa shape index (κ2) is 2.50. The minimum absolute atomic E-state index is 0.118. The molecule has 56 valence electrons. The molecule has 0 bridgehead atoms. The van der Waals surface area contributed by atoms with Gasteiger partial charge in [-0.05, 0) is 6.92 Å². The van der Waals surface area contributed by atoms with E-state index in [0.29, 0.717) is 10.9 Å². The van der Waals surface area contributed by atoms with Crippen LogP contribution < -0.4 is 5.32 Å². The van der Waals surface area contributed by atoms with Crippen LogP contribution in [0.4, 0.5) is 0 Å². The van der Waals surface area contributed by atoms with Crippen LogP contribution in [0.25, 0.3) is 0 Å². The molecule has 1 rings (SSSR count). The van der Waals surface area contributed by atoms with E-state index >= 15 is 0 Å². The number of hydrogen-bond acceptors (Lipinski definition) is 3. The summed E-state index contributed by atoms with van der Waals surface area (Å²) in [5.74, 6) is 0. The molecular formula is C6H9ClN2O. The monoisotopic (exact) mass is 160 g/mol. The summed E-state index contributed by atoms with van der Waals surface area (Å²) in [6.45, 7) is 1.93. The fourth-order valence-electron chi connectivity index (χ4n) is 0.852. The first-order valence-electron chi connectivity index (χ1n) is 3.01. The van der Waals surface area contributed by atoms with Gasteiger partial charge in [0.15, 0.2) is 6.29 Å². The summed E-state index contributed by atoms with van der Waals surface area (Å²) in [4.78, 5) is 12.1. The second-order valence-corrected chi connectivity index (χ2v) is 2.63. The van der Waals surface area contributed by atoms with Crippen LogP contribution in [0.2, 0.25) is 0 Å². The highest BCUT2D eigenvalue weighted by Crippen LogP contribution is 2.17. The number of carbonyl (C=O) groups excluding carboxylic acids is 1. The number of carbonyl (C=O) groups is 1. The molecule has 1 heterocycles. The van der Waals surface area contributed by atoms with Crippen molar-refractivity contribution < 1.29 is 4.79 Å². The van der Waals surface area contributed by atoms with Crippen molar-refractivity contribution in [2.75, 3.05) is 7.05 Å². The highest BCUT2D eigenvalue weighted by atomic mass is 35.5. The minimum Gasteiger partial charge on any atom is -0.354 e. The topological polar surface area (TPSA) is 32.3 Å². The van der Waals surface area contributed by atoms with Gasteiger partial charge in [0.2, 0.25) is 0 Å². The standard InChI is InChI=1S/C6H9ClN2O/c1-4-8-6(7)5(3-10)9(4)2/h3-4,8H,1-2H3. The van der Waals surface area contributed by atoms with Gasteiger partial charge in [0.1, 0.15) is 10.9 Å². The summed E-state index contributed by atoms with van der Waals surface area (Å²) in [6.07, 6.45) is 0.867. The molecule has 1 atom stereocenters. The van der Waals surface area contributed by atoms with E-state index in [1.807, 2.05) is 14.0 Å². The third-order valence-corrected chi connectivity index (χ3v) is 1.94. The van der Waals surface area contributed by atoms with E-state index in [0.717, 1.165) is 6.29 Å². The van der Waals surface area contributed by atoms with Crippen LogP contribution in [0.1, 0.15) is 6.92 Å². The Morgan fingerprint density at radius 1 is 1.80 bits per heavy atom. The fourth-order valence-corrected chi connectivity index (χ4v) is 1.19. The number of allylic oxidation sites excluding steroid dienone is 1. The molecule has 3 nitrogen and oxygen atoms in total. The average Bonchev–Trinajstić information content (AvgIpc) is 2.09. The van der Waals surface area contributed by atoms with Crippen molar-refractivity contribution in [1.82, 2.24) is 10.2 Å². The molecule has 0 saturated carbocycles. The molecule has 1 unspecified atom stereocenters. The number of hydrogen-bond donors (Lipinski definition) is 1. The Bertz CT molecular complexity index is 190. The van der Waals surface area contributed by atoms with E-state index in [2.05, 4.69) is 5.32 Å². The smallest absolute Gasteiger partial charge is 0.169 e. The maximum absolute atomic E-state index is 10.3. The van der Waals surface area contributed by atoms with Gasteiger partial charge in [-0.15, -0.1) is 0 Å². The molecule has 0 aromatic carbocycles. The van der Waals surface area contributed by atoms with E-state index in [-0.39, 0.29) is 6.17 Å². The van der Waals surface area contributed by atoms with Crippen LogP contribution in [0.5, 0.6) is 0 Å². The Balaban J connectivity index is 2.84. The molecule has 1 N–H and O–H groups in total. The Labute approximate surface area is 64.6 Å². The lowest BCUT2D eigenvalue weighted by Gasteiger charge is -2.17. The van der Waals surface area contributed by atoms with Crippen molar-refractivity contribution in [3.63, 3.8) is 0 Å². The van der Waals surface area contributed by atoms with Crippen LogP contribution in [-0.4, -0.2) is 24.4 Å². The summed E-state index contributed by atoms with van der Waals surface area (Å²) in [5.41, 5.74) is 0.522. The molecule has 0 aliphatic carbocycles. The fraction of sp³-hybridized carbons (Fsp3) is 0.500. The molecular weight excluding hydrogens is 152 g/mol. The maximum atomic E-state index is 10.3. The number of likely N-dealkylation sites (N-methyl/N-ethyl adjacent to an activating group) is 1. The molecule has 10 heavy (non-hydrogen) atoms. The predicted molar refractivity (Wildman–Crippen MR) is 39.3 cm³/mol. The van der Waals surface area contributed by atoms with Crippen LogP contribution in [-0.2, 0) is 4.79 Å². The minimum atomic E-state index is 0.118. The summed E-state index contributed by atoms with van der Waals surface area (Å²) >= 11 is 5.66. The Kier molecular flexibility index (Phi) is 1.85. The molecule has 0 saturated heterocycles. The Morgan fingerprint density at radius 2 is 2.40 bits per heavy atom. The molecule has 4 heteroatoms. The van der Waals surface area contributed by atoms with E-state index in [4.69, 9.17) is 11.6 Å². The molecule has 0 spiro atoms. The van der Waals surface area contributed by atoms with E-state index in [1.165, 1.54) is 0 Å². The average molecular weight is 161 g/mol. The van der Waals surface area contributed by atoms with Gasteiger partial charge < -0.3 is 10.2 Å². The van der Waals surface area contributed by atoms with Crippen LogP contribution in [0.15, 0.2) is 10.9 Å². The van der Waals surface area contributed by atoms with Crippen molar-refractivity contribution in [2.24, 2.45) is 0 Å². The largest absolute Gasteiger partial charge is 0.354 e. The van der Waals surface area contributed by atoms with Gasteiger partial charge in [0.05, 0.1) is 6.17 Å². The molecule has 0 amide bonds. The van der Waals surface area contributed by atoms with E-state index in [9.17, 15) is 4.79 Å². The Hall–Kier alpha value is -0.700. The van der Waals surface area contributed by atoms with Gasteiger partial charge >= 0.3 is 0 Å². The van der Waals surface area contributed by atoms with Gasteiger partial charge in [-0.3, -0.25) is 4.79 Å². The third kappa shape index (κ3) is 0.968. The quantitative estimate of drug-likeness (QED) is 0.447. The highest BCUT2D eigenvalue weighted by Gasteiger charge is 2.22. The number of nitrogens with zero attached hydrogens (tertiary/aromatic N) is 1. The van der Waals surface area contributed by atoms with Gasteiger partial charge in [-0.25, -0.2) is 0 Å². The van der Waals surface area contributed by atoms with Crippen molar-refractivity contribution in [1.29, 1.82) is 0 Å². The third-order valence-electron chi connectivity index (χ3n) is 1.63. The first kappa shape index (κ1) is 7.41. The van der Waals surface area contributed by atoms with Crippen molar-refractivity contribution >= 4 is 17.9 Å². The second-order valence-electron chi connectivity index (χ2n) is 2.25. The predicted octanol–water partition coefficient (Wildman–Crippen LogP) is 0.474. The Morgan fingerprint density at radius 3 is 2.60 bits per heavy atom. The highest BCUT2D eigenvalue weighted by molar-refractivity contribution is 6.31. The zero-order chi connectivity index (χ0) is 7.72. The van der Waals surface area contributed by atoms with Crippen molar-refractivity contribution in [3.05, 3.63) is 10.9 Å². The molecule has 1 aliphatic rings. The first-order chi connectivity index (χ1) is 4.66. The number of aldehydes is 1. The van der Waals surface area contributed by atoms with Gasteiger partial charge in [-0.2, -0.15) is 0 Å². The zero-order valence-corrected chi connectivity index (χ0v) is 6.64. The first-order valence-corrected chi connectivity index (χ1v) is 3.39. The lowest BCUT2D eigenvalue weighted by molar-refractivity contribution is -0.106. The zero-order valence-electron chi connectivity index (χ0n) is 5.89. The van der Waals surface area contributed by atoms with Crippen molar-refractivity contribution in [2.45, 2.75) is 13.1 Å². The van der Waals surface area contributed by atoms with Gasteiger partial charge in [0, 0.05) is 7.05 Å². The summed E-state index contributed by atoms with van der Waals surface area (Å²) in [6, 6.07) is 0.